The van der Waals surface area contributed by atoms with Gasteiger partial charge in [0.1, 0.15) is 0 Å². The molecule has 3 rings (SSSR count). The predicted octanol–water partition coefficient (Wildman–Crippen LogP) is 0.590. The fourth-order valence-electron chi connectivity index (χ4n) is 2.62. The van der Waals surface area contributed by atoms with E-state index >= 15 is 0 Å². The zero-order valence-corrected chi connectivity index (χ0v) is 11.8. The SMILES string of the molecule is O=CNc1nnc2c(NCCCN3CCCC3)nccn12. The first-order valence-electron chi connectivity index (χ1n) is 7.24. The molecule has 0 radical (unpaired) electrons. The van der Waals surface area contributed by atoms with Crippen molar-refractivity contribution in [1.82, 2.24) is 24.5 Å². The van der Waals surface area contributed by atoms with Crippen molar-refractivity contribution in [2.24, 2.45) is 0 Å². The van der Waals surface area contributed by atoms with E-state index in [2.05, 4.69) is 30.7 Å². The maximum Gasteiger partial charge on any atom is 0.235 e. The van der Waals surface area contributed by atoms with E-state index in [1.807, 2.05) is 0 Å². The third-order valence-electron chi connectivity index (χ3n) is 3.66. The van der Waals surface area contributed by atoms with Gasteiger partial charge in [-0.2, -0.15) is 0 Å². The van der Waals surface area contributed by atoms with Gasteiger partial charge in [-0.05, 0) is 38.9 Å². The summed E-state index contributed by atoms with van der Waals surface area (Å²) in [5.74, 6) is 1.08. The van der Waals surface area contributed by atoms with E-state index in [4.69, 9.17) is 0 Å². The van der Waals surface area contributed by atoms with Crippen LogP contribution in [-0.2, 0) is 4.79 Å². The number of rotatable bonds is 7. The van der Waals surface area contributed by atoms with Gasteiger partial charge in [-0.15, -0.1) is 10.2 Å². The summed E-state index contributed by atoms with van der Waals surface area (Å²) < 4.78 is 1.70. The monoisotopic (exact) mass is 289 g/mol. The number of nitrogens with zero attached hydrogens (tertiary/aromatic N) is 5. The summed E-state index contributed by atoms with van der Waals surface area (Å²) in [6, 6.07) is 0. The maximum atomic E-state index is 10.5. The zero-order chi connectivity index (χ0) is 14.5. The highest BCUT2D eigenvalue weighted by atomic mass is 16.1. The standard InChI is InChI=1S/C13H19N7O/c21-10-16-13-18-17-12-11(15-5-9-20(12)13)14-4-3-8-19-6-1-2-7-19/h5,9-10H,1-4,6-8H2,(H,14,15)(H,16,18,21). The molecule has 0 saturated carbocycles. The van der Waals surface area contributed by atoms with Crippen molar-refractivity contribution in [3.63, 3.8) is 0 Å². The van der Waals surface area contributed by atoms with Gasteiger partial charge in [0.25, 0.3) is 0 Å². The molecule has 0 spiro atoms. The van der Waals surface area contributed by atoms with E-state index in [1.54, 1.807) is 16.8 Å². The maximum absolute atomic E-state index is 10.5. The summed E-state index contributed by atoms with van der Waals surface area (Å²) in [5.41, 5.74) is 0.614. The van der Waals surface area contributed by atoms with Crippen LogP contribution in [0.1, 0.15) is 19.3 Å². The van der Waals surface area contributed by atoms with Crippen molar-refractivity contribution in [3.05, 3.63) is 12.4 Å². The first-order valence-corrected chi connectivity index (χ1v) is 7.24. The molecule has 0 unspecified atom stereocenters. The van der Waals surface area contributed by atoms with Gasteiger partial charge in [0.15, 0.2) is 5.82 Å². The van der Waals surface area contributed by atoms with Crippen LogP contribution in [0.3, 0.4) is 0 Å². The van der Waals surface area contributed by atoms with Gasteiger partial charge >= 0.3 is 0 Å². The first-order chi connectivity index (χ1) is 10.4. The minimum Gasteiger partial charge on any atom is -0.367 e. The largest absolute Gasteiger partial charge is 0.367 e. The fourth-order valence-corrected chi connectivity index (χ4v) is 2.62. The molecule has 1 fully saturated rings. The van der Waals surface area contributed by atoms with E-state index in [-0.39, 0.29) is 0 Å². The van der Waals surface area contributed by atoms with Gasteiger partial charge in [-0.3, -0.25) is 14.5 Å². The molecule has 8 nitrogen and oxygen atoms in total. The third-order valence-corrected chi connectivity index (χ3v) is 3.66. The topological polar surface area (TPSA) is 87.4 Å². The smallest absolute Gasteiger partial charge is 0.235 e. The van der Waals surface area contributed by atoms with Crippen LogP contribution in [0.4, 0.5) is 11.8 Å². The van der Waals surface area contributed by atoms with Gasteiger partial charge in [-0.1, -0.05) is 0 Å². The summed E-state index contributed by atoms with van der Waals surface area (Å²) in [4.78, 5) is 17.3. The number of hydrogen-bond donors (Lipinski definition) is 2. The summed E-state index contributed by atoms with van der Waals surface area (Å²) in [6.07, 6.45) is 7.67. The minimum atomic E-state index is 0.391. The van der Waals surface area contributed by atoms with E-state index in [1.165, 1.54) is 25.9 Å². The Balaban J connectivity index is 1.59. The third kappa shape index (κ3) is 3.10. The summed E-state index contributed by atoms with van der Waals surface area (Å²) in [6.45, 7) is 4.39. The Hall–Kier alpha value is -2.22. The van der Waals surface area contributed by atoms with E-state index in [0.29, 0.717) is 23.8 Å². The van der Waals surface area contributed by atoms with Crippen LogP contribution in [0, 0.1) is 0 Å². The van der Waals surface area contributed by atoms with E-state index in [9.17, 15) is 4.79 Å². The van der Waals surface area contributed by atoms with Crippen molar-refractivity contribution >= 4 is 23.8 Å². The zero-order valence-electron chi connectivity index (χ0n) is 11.8. The highest BCUT2D eigenvalue weighted by Crippen LogP contribution is 2.14. The van der Waals surface area contributed by atoms with Gasteiger partial charge in [0.2, 0.25) is 18.0 Å². The molecule has 0 atom stereocenters. The van der Waals surface area contributed by atoms with Gasteiger partial charge < -0.3 is 10.2 Å². The second kappa shape index (κ2) is 6.49. The molecule has 0 bridgehead atoms. The molecule has 3 heterocycles. The molecule has 2 N–H and O–H groups in total. The van der Waals surface area contributed by atoms with Crippen LogP contribution in [0.15, 0.2) is 12.4 Å². The van der Waals surface area contributed by atoms with Gasteiger partial charge in [-0.25, -0.2) is 4.98 Å². The van der Waals surface area contributed by atoms with E-state index < -0.39 is 0 Å². The van der Waals surface area contributed by atoms with E-state index in [0.717, 1.165) is 19.5 Å². The molecule has 1 aliphatic rings. The first kappa shape index (κ1) is 13.7. The van der Waals surface area contributed by atoms with Crippen molar-refractivity contribution in [1.29, 1.82) is 0 Å². The number of amides is 1. The number of fused-ring (bicyclic) bond motifs is 1. The molecule has 8 heteroatoms. The Morgan fingerprint density at radius 1 is 1.29 bits per heavy atom. The quantitative estimate of drug-likeness (QED) is 0.573. The van der Waals surface area contributed by atoms with Crippen LogP contribution >= 0.6 is 0 Å². The highest BCUT2D eigenvalue weighted by molar-refractivity contribution is 5.71. The lowest BCUT2D eigenvalue weighted by Gasteiger charge is -2.14. The molecule has 0 aliphatic carbocycles. The fraction of sp³-hybridized carbons (Fsp3) is 0.538. The molecular formula is C13H19N7O. The average molecular weight is 289 g/mol. The molecular weight excluding hydrogens is 270 g/mol. The molecule has 2 aromatic rings. The molecule has 1 aliphatic heterocycles. The Kier molecular flexibility index (Phi) is 4.25. The number of hydrogen-bond acceptors (Lipinski definition) is 6. The van der Waals surface area contributed by atoms with Crippen molar-refractivity contribution in [2.45, 2.75) is 19.3 Å². The molecule has 2 aromatic heterocycles. The molecule has 112 valence electrons. The number of aromatic nitrogens is 4. The number of carbonyl (C=O) groups is 1. The van der Waals surface area contributed by atoms with Crippen LogP contribution < -0.4 is 10.6 Å². The van der Waals surface area contributed by atoms with Gasteiger partial charge in [0, 0.05) is 18.9 Å². The van der Waals surface area contributed by atoms with Crippen molar-refractivity contribution in [3.8, 4) is 0 Å². The molecule has 1 saturated heterocycles. The summed E-state index contributed by atoms with van der Waals surface area (Å²) in [5, 5.41) is 13.8. The number of likely N-dealkylation sites (tertiary alicyclic amines) is 1. The van der Waals surface area contributed by atoms with Crippen LogP contribution in [0.25, 0.3) is 5.65 Å². The minimum absolute atomic E-state index is 0.391. The molecule has 0 aromatic carbocycles. The lowest BCUT2D eigenvalue weighted by atomic mass is 10.4. The summed E-state index contributed by atoms with van der Waals surface area (Å²) >= 11 is 0. The van der Waals surface area contributed by atoms with Crippen LogP contribution in [0.2, 0.25) is 0 Å². The number of carbonyl (C=O) groups excluding carboxylic acids is 1. The molecule has 1 amide bonds. The van der Waals surface area contributed by atoms with Crippen molar-refractivity contribution in [2.75, 3.05) is 36.8 Å². The van der Waals surface area contributed by atoms with Crippen LogP contribution in [0.5, 0.6) is 0 Å². The Morgan fingerprint density at radius 2 is 2.14 bits per heavy atom. The Bertz CT molecular complexity index is 606. The Morgan fingerprint density at radius 3 is 2.95 bits per heavy atom. The predicted molar refractivity (Wildman–Crippen MR) is 79.2 cm³/mol. The van der Waals surface area contributed by atoms with Crippen molar-refractivity contribution < 1.29 is 4.79 Å². The lowest BCUT2D eigenvalue weighted by molar-refractivity contribution is -0.105. The number of nitrogens with one attached hydrogen (secondary N) is 2. The number of anilines is 2. The van der Waals surface area contributed by atoms with Crippen LogP contribution in [-0.4, -0.2) is 57.1 Å². The Labute approximate surface area is 122 Å². The normalized spacial score (nSPS) is 15.4. The lowest BCUT2D eigenvalue weighted by Crippen LogP contribution is -2.22. The second-order valence-electron chi connectivity index (χ2n) is 5.08. The highest BCUT2D eigenvalue weighted by Gasteiger charge is 2.11. The second-order valence-corrected chi connectivity index (χ2v) is 5.08. The van der Waals surface area contributed by atoms with Gasteiger partial charge in [0.05, 0.1) is 0 Å². The molecule has 21 heavy (non-hydrogen) atoms. The average Bonchev–Trinajstić information content (AvgIpc) is 3.14. The summed E-state index contributed by atoms with van der Waals surface area (Å²) in [7, 11) is 0.